The topological polar surface area (TPSA) is 72.2 Å². The minimum absolute atomic E-state index is 0.0579. The van der Waals surface area contributed by atoms with E-state index in [1.807, 2.05) is 6.92 Å². The van der Waals surface area contributed by atoms with Gasteiger partial charge in [0.1, 0.15) is 0 Å². The van der Waals surface area contributed by atoms with E-state index >= 15 is 0 Å². The molecular formula is C15H26N2O2S. The van der Waals surface area contributed by atoms with Crippen LogP contribution in [0.5, 0.6) is 0 Å². The second-order valence-corrected chi connectivity index (χ2v) is 8.25. The van der Waals surface area contributed by atoms with Crippen molar-refractivity contribution in [1.82, 2.24) is 4.72 Å². The van der Waals surface area contributed by atoms with Crippen molar-refractivity contribution in [3.8, 4) is 0 Å². The summed E-state index contributed by atoms with van der Waals surface area (Å²) in [5.74, 6) is 0.235. The first-order chi connectivity index (χ1) is 8.97. The third kappa shape index (κ3) is 3.73. The Labute approximate surface area is 122 Å². The summed E-state index contributed by atoms with van der Waals surface area (Å²) in [6.45, 7) is 12.3. The van der Waals surface area contributed by atoms with E-state index in [2.05, 4.69) is 25.5 Å². The maximum absolute atomic E-state index is 12.5. The quantitative estimate of drug-likeness (QED) is 0.840. The van der Waals surface area contributed by atoms with Crippen LogP contribution in [0.1, 0.15) is 38.8 Å². The zero-order valence-corrected chi connectivity index (χ0v) is 14.1. The summed E-state index contributed by atoms with van der Waals surface area (Å²) in [7, 11) is -3.53. The van der Waals surface area contributed by atoms with Crippen LogP contribution in [0.25, 0.3) is 0 Å². The van der Waals surface area contributed by atoms with Crippen molar-refractivity contribution in [2.75, 3.05) is 12.3 Å². The molecule has 0 saturated heterocycles. The Kier molecular flexibility index (Phi) is 4.87. The highest BCUT2D eigenvalue weighted by Crippen LogP contribution is 2.27. The SMILES string of the molecule is Cc1ccc(N)c(C)c1S(=O)(=O)NCC(C)C(C)(C)C. The van der Waals surface area contributed by atoms with Crippen LogP contribution < -0.4 is 10.5 Å². The van der Waals surface area contributed by atoms with Crippen LogP contribution in [0.3, 0.4) is 0 Å². The molecule has 1 aromatic rings. The lowest BCUT2D eigenvalue weighted by Crippen LogP contribution is -2.34. The first-order valence-corrected chi connectivity index (χ1v) is 8.30. The molecule has 0 heterocycles. The van der Waals surface area contributed by atoms with E-state index in [-0.39, 0.29) is 11.3 Å². The van der Waals surface area contributed by atoms with Gasteiger partial charge in [-0.3, -0.25) is 0 Å². The number of benzene rings is 1. The second kappa shape index (κ2) is 5.74. The van der Waals surface area contributed by atoms with Gasteiger partial charge in [-0.05, 0) is 42.4 Å². The van der Waals surface area contributed by atoms with Gasteiger partial charge in [0.05, 0.1) is 4.90 Å². The number of nitrogens with one attached hydrogen (secondary N) is 1. The summed E-state index contributed by atoms with van der Waals surface area (Å²) in [5.41, 5.74) is 7.70. The fourth-order valence-corrected chi connectivity index (χ4v) is 3.50. The highest BCUT2D eigenvalue weighted by atomic mass is 32.2. The molecule has 1 rings (SSSR count). The Hall–Kier alpha value is -1.07. The number of hydrogen-bond donors (Lipinski definition) is 2. The Morgan fingerprint density at radius 2 is 1.80 bits per heavy atom. The highest BCUT2D eigenvalue weighted by molar-refractivity contribution is 7.89. The Morgan fingerprint density at radius 3 is 2.30 bits per heavy atom. The van der Waals surface area contributed by atoms with Gasteiger partial charge in [-0.1, -0.05) is 33.8 Å². The third-order valence-corrected chi connectivity index (χ3v) is 5.68. The lowest BCUT2D eigenvalue weighted by Gasteiger charge is -2.27. The van der Waals surface area contributed by atoms with Gasteiger partial charge < -0.3 is 5.73 Å². The molecule has 0 aliphatic carbocycles. The average Bonchev–Trinajstić information content (AvgIpc) is 2.30. The molecule has 0 bridgehead atoms. The third-order valence-electron chi connectivity index (χ3n) is 3.97. The van der Waals surface area contributed by atoms with Gasteiger partial charge in [0.25, 0.3) is 0 Å². The van der Waals surface area contributed by atoms with Crippen LogP contribution in [0.4, 0.5) is 5.69 Å². The van der Waals surface area contributed by atoms with Crippen molar-refractivity contribution in [2.24, 2.45) is 11.3 Å². The molecule has 114 valence electrons. The molecular weight excluding hydrogens is 272 g/mol. The Balaban J connectivity index is 3.05. The van der Waals surface area contributed by atoms with E-state index < -0.39 is 10.0 Å². The molecule has 0 fully saturated rings. The monoisotopic (exact) mass is 298 g/mol. The number of nitrogens with two attached hydrogens (primary N) is 1. The summed E-state index contributed by atoms with van der Waals surface area (Å²) < 4.78 is 27.7. The average molecular weight is 298 g/mol. The summed E-state index contributed by atoms with van der Waals surface area (Å²) in [4.78, 5) is 0.304. The van der Waals surface area contributed by atoms with Crippen molar-refractivity contribution in [2.45, 2.75) is 46.4 Å². The molecule has 1 aromatic carbocycles. The van der Waals surface area contributed by atoms with Crippen LogP contribution in [0.15, 0.2) is 17.0 Å². The molecule has 20 heavy (non-hydrogen) atoms. The minimum Gasteiger partial charge on any atom is -0.398 e. The van der Waals surface area contributed by atoms with Crippen LogP contribution in [-0.2, 0) is 10.0 Å². The number of rotatable bonds is 4. The normalized spacial score (nSPS) is 14.3. The smallest absolute Gasteiger partial charge is 0.241 e. The molecule has 0 radical (unpaired) electrons. The molecule has 0 aliphatic heterocycles. The fraction of sp³-hybridized carbons (Fsp3) is 0.600. The number of anilines is 1. The zero-order valence-electron chi connectivity index (χ0n) is 13.2. The molecule has 3 N–H and O–H groups in total. The Morgan fingerprint density at radius 1 is 1.25 bits per heavy atom. The van der Waals surface area contributed by atoms with Gasteiger partial charge >= 0.3 is 0 Å². The summed E-state index contributed by atoms with van der Waals surface area (Å²) in [6.07, 6.45) is 0. The van der Waals surface area contributed by atoms with Gasteiger partial charge in [0.2, 0.25) is 10.0 Å². The molecule has 0 saturated carbocycles. The van der Waals surface area contributed by atoms with E-state index in [1.165, 1.54) is 0 Å². The molecule has 1 unspecified atom stereocenters. The number of aryl methyl sites for hydroxylation is 1. The summed E-state index contributed by atoms with van der Waals surface area (Å²) in [6, 6.07) is 3.48. The number of hydrogen-bond acceptors (Lipinski definition) is 3. The van der Waals surface area contributed by atoms with Gasteiger partial charge in [-0.2, -0.15) is 0 Å². The van der Waals surface area contributed by atoms with E-state index in [0.717, 1.165) is 0 Å². The maximum atomic E-state index is 12.5. The summed E-state index contributed by atoms with van der Waals surface area (Å²) >= 11 is 0. The maximum Gasteiger partial charge on any atom is 0.241 e. The van der Waals surface area contributed by atoms with E-state index in [4.69, 9.17) is 5.73 Å². The van der Waals surface area contributed by atoms with E-state index in [0.29, 0.717) is 28.3 Å². The first kappa shape index (κ1) is 17.0. The molecule has 1 atom stereocenters. The predicted molar refractivity (Wildman–Crippen MR) is 84.1 cm³/mol. The predicted octanol–water partition coefficient (Wildman–Crippen LogP) is 2.85. The lowest BCUT2D eigenvalue weighted by molar-refractivity contribution is 0.263. The molecule has 0 aromatic heterocycles. The molecule has 0 amide bonds. The van der Waals surface area contributed by atoms with Crippen LogP contribution in [-0.4, -0.2) is 15.0 Å². The number of sulfonamides is 1. The lowest BCUT2D eigenvalue weighted by atomic mass is 9.82. The summed E-state index contributed by atoms with van der Waals surface area (Å²) in [5, 5.41) is 0. The van der Waals surface area contributed by atoms with Gasteiger partial charge in [0.15, 0.2) is 0 Å². The molecule has 4 nitrogen and oxygen atoms in total. The highest BCUT2D eigenvalue weighted by Gasteiger charge is 2.25. The standard InChI is InChI=1S/C15H26N2O2S/c1-10-7-8-13(16)12(3)14(10)20(18,19)17-9-11(2)15(4,5)6/h7-8,11,17H,9,16H2,1-6H3. The van der Waals surface area contributed by atoms with Gasteiger partial charge in [-0.15, -0.1) is 0 Å². The van der Waals surface area contributed by atoms with Crippen molar-refractivity contribution in [1.29, 1.82) is 0 Å². The first-order valence-electron chi connectivity index (χ1n) is 6.82. The Bertz CT molecular complexity index is 587. The van der Waals surface area contributed by atoms with E-state index in [1.54, 1.807) is 26.0 Å². The van der Waals surface area contributed by atoms with Crippen molar-refractivity contribution in [3.05, 3.63) is 23.3 Å². The molecule has 0 spiro atoms. The van der Waals surface area contributed by atoms with Crippen LogP contribution in [0, 0.1) is 25.2 Å². The van der Waals surface area contributed by atoms with Crippen molar-refractivity contribution < 1.29 is 8.42 Å². The van der Waals surface area contributed by atoms with Crippen molar-refractivity contribution >= 4 is 15.7 Å². The second-order valence-electron chi connectivity index (χ2n) is 6.54. The fourth-order valence-electron chi connectivity index (χ4n) is 1.87. The van der Waals surface area contributed by atoms with Gasteiger partial charge in [-0.25, -0.2) is 13.1 Å². The van der Waals surface area contributed by atoms with Gasteiger partial charge in [0, 0.05) is 12.2 Å². The van der Waals surface area contributed by atoms with Crippen molar-refractivity contribution in [3.63, 3.8) is 0 Å². The molecule has 0 aliphatic rings. The van der Waals surface area contributed by atoms with Crippen LogP contribution >= 0.6 is 0 Å². The van der Waals surface area contributed by atoms with E-state index in [9.17, 15) is 8.42 Å². The zero-order chi connectivity index (χ0) is 15.7. The largest absolute Gasteiger partial charge is 0.398 e. The minimum atomic E-state index is -3.53. The molecule has 5 heteroatoms. The number of nitrogen functional groups attached to an aromatic ring is 1. The van der Waals surface area contributed by atoms with Crippen LogP contribution in [0.2, 0.25) is 0 Å².